The number of nitrogens with one attached hydrogen (secondary N) is 1. The number of halogens is 5. The van der Waals surface area contributed by atoms with Gasteiger partial charge in [0, 0.05) is 24.8 Å². The summed E-state index contributed by atoms with van der Waals surface area (Å²) in [6.45, 7) is 0.387. The minimum absolute atomic E-state index is 0.00441. The third kappa shape index (κ3) is 5.09. The molecule has 1 aliphatic rings. The van der Waals surface area contributed by atoms with Crippen LogP contribution in [0.4, 0.5) is 28.0 Å². The minimum Gasteiger partial charge on any atom is -0.322 e. The van der Waals surface area contributed by atoms with Crippen LogP contribution in [0.1, 0.15) is 27.9 Å². The van der Waals surface area contributed by atoms with Crippen molar-refractivity contribution >= 4 is 23.3 Å². The highest BCUT2D eigenvalue weighted by molar-refractivity contribution is 6.30. The Bertz CT molecular complexity index is 1460. The van der Waals surface area contributed by atoms with Gasteiger partial charge in [0.25, 0.3) is 0 Å². The van der Waals surface area contributed by atoms with E-state index in [-0.39, 0.29) is 17.7 Å². The number of nitrogens with zero attached hydrogens (tertiary/aromatic N) is 2. The smallest absolute Gasteiger partial charge is 0.322 e. The summed E-state index contributed by atoms with van der Waals surface area (Å²) in [7, 11) is 0. The third-order valence-corrected chi connectivity index (χ3v) is 6.87. The van der Waals surface area contributed by atoms with Crippen molar-refractivity contribution in [1.29, 1.82) is 0 Å². The Morgan fingerprint density at radius 3 is 2.37 bits per heavy atom. The molecule has 3 aromatic carbocycles. The van der Waals surface area contributed by atoms with Gasteiger partial charge in [0.15, 0.2) is 0 Å². The first kappa shape index (κ1) is 25.7. The molecule has 0 fully saturated rings. The number of benzene rings is 3. The van der Waals surface area contributed by atoms with Crippen molar-refractivity contribution < 1.29 is 22.4 Å². The third-order valence-electron chi connectivity index (χ3n) is 6.65. The van der Waals surface area contributed by atoms with Crippen molar-refractivity contribution in [3.8, 4) is 0 Å². The van der Waals surface area contributed by atoms with Gasteiger partial charge in [-0.1, -0.05) is 60.1 Å². The number of para-hydroxylation sites is 1. The molecular weight excluding hydrogens is 518 g/mol. The van der Waals surface area contributed by atoms with E-state index < -0.39 is 29.1 Å². The van der Waals surface area contributed by atoms with E-state index in [0.29, 0.717) is 35.3 Å². The van der Waals surface area contributed by atoms with Gasteiger partial charge in [0.2, 0.25) is 0 Å². The largest absolute Gasteiger partial charge is 0.416 e. The number of carbonyl (C=O) groups is 1. The van der Waals surface area contributed by atoms with Gasteiger partial charge in [0.05, 0.1) is 16.3 Å². The first-order chi connectivity index (χ1) is 18.2. The molecule has 1 atom stereocenters. The monoisotopic (exact) mass is 539 g/mol. The van der Waals surface area contributed by atoms with Gasteiger partial charge in [-0.2, -0.15) is 13.2 Å². The Hall–Kier alpha value is -3.91. The maximum Gasteiger partial charge on any atom is 0.416 e. The normalized spacial score (nSPS) is 14.6. The van der Waals surface area contributed by atoms with Crippen LogP contribution in [0, 0.1) is 5.82 Å². The molecular formula is C29H22ClF4N3O. The second-order valence-corrected chi connectivity index (χ2v) is 9.55. The number of urea groups is 1. The zero-order valence-electron chi connectivity index (χ0n) is 20.0. The maximum absolute atomic E-state index is 14.8. The van der Waals surface area contributed by atoms with Crippen molar-refractivity contribution in [3.63, 3.8) is 0 Å². The number of amides is 2. The van der Waals surface area contributed by atoms with Crippen molar-refractivity contribution in [2.75, 3.05) is 11.4 Å². The highest BCUT2D eigenvalue weighted by Crippen LogP contribution is 2.38. The lowest BCUT2D eigenvalue weighted by molar-refractivity contribution is -0.137. The molecule has 0 spiro atoms. The predicted octanol–water partition coefficient (Wildman–Crippen LogP) is 7.15. The molecule has 2 heterocycles. The molecule has 5 rings (SSSR count). The Labute approximate surface area is 221 Å². The summed E-state index contributed by atoms with van der Waals surface area (Å²) >= 11 is 6.08. The quantitative estimate of drug-likeness (QED) is 0.274. The number of hydrogen-bond acceptors (Lipinski definition) is 2. The molecule has 4 nitrogen and oxygen atoms in total. The minimum atomic E-state index is -4.80. The van der Waals surface area contributed by atoms with E-state index in [1.807, 2.05) is 24.3 Å². The average molecular weight is 540 g/mol. The summed E-state index contributed by atoms with van der Waals surface area (Å²) in [5.41, 5.74) is -0.328. The van der Waals surface area contributed by atoms with E-state index in [4.69, 9.17) is 11.6 Å². The van der Waals surface area contributed by atoms with Crippen LogP contribution in [-0.2, 0) is 24.6 Å². The lowest BCUT2D eigenvalue weighted by Crippen LogP contribution is -2.53. The second kappa shape index (κ2) is 10.1. The molecule has 1 aromatic heterocycles. The first-order valence-electron chi connectivity index (χ1n) is 11.9. The molecule has 1 aliphatic heterocycles. The van der Waals surface area contributed by atoms with Gasteiger partial charge >= 0.3 is 12.2 Å². The summed E-state index contributed by atoms with van der Waals surface area (Å²) < 4.78 is 56.2. The van der Waals surface area contributed by atoms with E-state index >= 15 is 0 Å². The molecule has 9 heteroatoms. The second-order valence-electron chi connectivity index (χ2n) is 9.12. The van der Waals surface area contributed by atoms with Crippen LogP contribution < -0.4 is 10.2 Å². The lowest BCUT2D eigenvalue weighted by Gasteiger charge is -2.37. The zero-order chi connectivity index (χ0) is 26.9. The molecule has 0 aliphatic carbocycles. The fourth-order valence-electron chi connectivity index (χ4n) is 4.85. The van der Waals surface area contributed by atoms with E-state index in [2.05, 4.69) is 10.3 Å². The van der Waals surface area contributed by atoms with Crippen molar-refractivity contribution in [2.45, 2.75) is 24.6 Å². The summed E-state index contributed by atoms with van der Waals surface area (Å²) in [6.07, 6.45) is -2.82. The van der Waals surface area contributed by atoms with Gasteiger partial charge < -0.3 is 5.32 Å². The first-order valence-corrected chi connectivity index (χ1v) is 12.3. The summed E-state index contributed by atoms with van der Waals surface area (Å²) in [4.78, 5) is 19.8. The van der Waals surface area contributed by atoms with Crippen molar-refractivity contribution in [3.05, 3.63) is 130 Å². The topological polar surface area (TPSA) is 45.2 Å². The number of rotatable bonds is 5. The Morgan fingerprint density at radius 1 is 0.947 bits per heavy atom. The number of fused-ring (bicyclic) bond motifs is 1. The molecule has 0 bridgehead atoms. The van der Waals surface area contributed by atoms with E-state index in [1.54, 1.807) is 30.3 Å². The molecule has 0 saturated carbocycles. The lowest BCUT2D eigenvalue weighted by atomic mass is 9.79. The molecule has 0 unspecified atom stereocenters. The molecule has 4 aromatic rings. The molecule has 0 radical (unpaired) electrons. The predicted molar refractivity (Wildman–Crippen MR) is 138 cm³/mol. The number of hydrogen-bond donors (Lipinski definition) is 1. The van der Waals surface area contributed by atoms with Gasteiger partial charge in [-0.05, 0) is 59.5 Å². The molecule has 1 N–H and O–H groups in total. The van der Waals surface area contributed by atoms with Gasteiger partial charge in [-0.3, -0.25) is 9.88 Å². The van der Waals surface area contributed by atoms with Crippen LogP contribution in [0.5, 0.6) is 0 Å². The van der Waals surface area contributed by atoms with Crippen LogP contribution in [0.25, 0.3) is 0 Å². The fraction of sp³-hybridized carbons (Fsp3) is 0.172. The van der Waals surface area contributed by atoms with Crippen molar-refractivity contribution in [2.24, 2.45) is 0 Å². The molecule has 194 valence electrons. The highest BCUT2D eigenvalue weighted by Gasteiger charge is 2.42. The number of aromatic nitrogens is 1. The molecule has 2 amide bonds. The average Bonchev–Trinajstić information content (AvgIpc) is 3.33. The van der Waals surface area contributed by atoms with E-state index in [0.717, 1.165) is 17.7 Å². The summed E-state index contributed by atoms with van der Waals surface area (Å²) in [5, 5.41) is 3.27. The van der Waals surface area contributed by atoms with Crippen LogP contribution in [0.15, 0.2) is 91.1 Å². The number of alkyl halides is 3. The Morgan fingerprint density at radius 2 is 1.66 bits per heavy atom. The number of pyridine rings is 1. The number of anilines is 1. The van der Waals surface area contributed by atoms with Gasteiger partial charge in [-0.15, -0.1) is 0 Å². The van der Waals surface area contributed by atoms with Crippen LogP contribution in [-0.4, -0.2) is 17.6 Å². The molecule has 0 saturated heterocycles. The maximum atomic E-state index is 14.8. The SMILES string of the molecule is O=C(N[C@](Cc1ccccc1)(c1cc(F)cc(C(F)(F)F)c1)c1ccc(Cl)cn1)N1CCc2ccccc21. The summed E-state index contributed by atoms with van der Waals surface area (Å²) in [6, 6.07) is 21.2. The van der Waals surface area contributed by atoms with Gasteiger partial charge in [0.1, 0.15) is 11.4 Å². The van der Waals surface area contributed by atoms with Crippen LogP contribution in [0.2, 0.25) is 5.02 Å². The highest BCUT2D eigenvalue weighted by atomic mass is 35.5. The Kier molecular flexibility index (Phi) is 6.84. The molecule has 38 heavy (non-hydrogen) atoms. The van der Waals surface area contributed by atoms with E-state index in [1.165, 1.54) is 23.2 Å². The zero-order valence-corrected chi connectivity index (χ0v) is 20.7. The summed E-state index contributed by atoms with van der Waals surface area (Å²) in [5.74, 6) is -1.08. The van der Waals surface area contributed by atoms with Crippen LogP contribution in [0.3, 0.4) is 0 Å². The van der Waals surface area contributed by atoms with E-state index in [9.17, 15) is 22.4 Å². The Balaban J connectivity index is 1.71. The van der Waals surface area contributed by atoms with Crippen LogP contribution >= 0.6 is 11.6 Å². The fourth-order valence-corrected chi connectivity index (χ4v) is 4.96. The number of carbonyl (C=O) groups excluding carboxylic acids is 1. The standard InChI is InChI=1S/C29H22ClF4N3O/c30-23-10-11-26(35-18-23)28(17-19-6-2-1-3-7-19,21-14-22(29(32,33)34)16-24(31)15-21)36-27(38)37-13-12-20-8-4-5-9-25(20)37/h1-11,14-16,18H,12-13,17H2,(H,36,38)/t28-/m1/s1. The van der Waals surface area contributed by atoms with Crippen molar-refractivity contribution in [1.82, 2.24) is 10.3 Å². The van der Waals surface area contributed by atoms with Gasteiger partial charge in [-0.25, -0.2) is 9.18 Å².